The number of rotatable bonds is 4. The maximum absolute atomic E-state index is 13.7. The fourth-order valence-electron chi connectivity index (χ4n) is 1.94. The molecule has 20 heavy (non-hydrogen) atoms. The van der Waals surface area contributed by atoms with E-state index in [9.17, 15) is 4.39 Å². The van der Waals surface area contributed by atoms with Gasteiger partial charge in [-0.25, -0.2) is 4.39 Å². The van der Waals surface area contributed by atoms with E-state index in [-0.39, 0.29) is 11.9 Å². The molecule has 0 heterocycles. The van der Waals surface area contributed by atoms with E-state index >= 15 is 0 Å². The first-order valence-corrected chi connectivity index (χ1v) is 7.62. The van der Waals surface area contributed by atoms with Gasteiger partial charge in [-0.2, -0.15) is 0 Å². The quantitative estimate of drug-likeness (QED) is 0.832. The topological polar surface area (TPSA) is 35.2 Å². The van der Waals surface area contributed by atoms with Crippen molar-refractivity contribution in [3.8, 4) is 11.5 Å². The molecule has 2 rings (SSSR count). The van der Waals surface area contributed by atoms with Crippen molar-refractivity contribution in [1.29, 1.82) is 0 Å². The molecule has 0 aliphatic rings. The number of hydrogen-bond donors (Lipinski definition) is 1. The lowest BCUT2D eigenvalue weighted by Crippen LogP contribution is -2.08. The molecule has 0 radical (unpaired) electrons. The zero-order valence-electron chi connectivity index (χ0n) is 11.8. The summed E-state index contributed by atoms with van der Waals surface area (Å²) in [7, 11) is 0. The van der Waals surface area contributed by atoms with Gasteiger partial charge in [-0.15, -0.1) is 11.8 Å². The van der Waals surface area contributed by atoms with E-state index in [1.54, 1.807) is 24.8 Å². The second kappa shape index (κ2) is 6.29. The summed E-state index contributed by atoms with van der Waals surface area (Å²) < 4.78 is 19.6. The van der Waals surface area contributed by atoms with Gasteiger partial charge in [0, 0.05) is 16.5 Å². The summed E-state index contributed by atoms with van der Waals surface area (Å²) in [6, 6.07) is 10.6. The zero-order valence-corrected chi connectivity index (χ0v) is 12.6. The van der Waals surface area contributed by atoms with Gasteiger partial charge in [0.1, 0.15) is 17.3 Å². The molecule has 0 aliphatic carbocycles. The van der Waals surface area contributed by atoms with Crippen LogP contribution in [0.25, 0.3) is 0 Å². The third-order valence-electron chi connectivity index (χ3n) is 3.07. The van der Waals surface area contributed by atoms with Crippen LogP contribution in [0.15, 0.2) is 41.3 Å². The maximum Gasteiger partial charge on any atom is 0.140 e. The van der Waals surface area contributed by atoms with Gasteiger partial charge in [0.2, 0.25) is 0 Å². The fourth-order valence-corrected chi connectivity index (χ4v) is 2.46. The second-order valence-corrected chi connectivity index (χ2v) is 5.53. The predicted octanol–water partition coefficient (Wildman–Crippen LogP) is 4.67. The number of aryl methyl sites for hydroxylation is 1. The lowest BCUT2D eigenvalue weighted by molar-refractivity contribution is 0.458. The van der Waals surface area contributed by atoms with Crippen LogP contribution in [0.3, 0.4) is 0 Å². The molecule has 2 N–H and O–H groups in total. The highest BCUT2D eigenvalue weighted by atomic mass is 32.2. The Morgan fingerprint density at radius 1 is 1.20 bits per heavy atom. The Morgan fingerprint density at radius 3 is 2.55 bits per heavy atom. The van der Waals surface area contributed by atoms with Crippen LogP contribution in [0.1, 0.15) is 24.1 Å². The Balaban J connectivity index is 2.45. The third kappa shape index (κ3) is 3.14. The van der Waals surface area contributed by atoms with Crippen molar-refractivity contribution in [2.45, 2.75) is 24.8 Å². The van der Waals surface area contributed by atoms with E-state index in [1.807, 2.05) is 37.4 Å². The Kier molecular flexibility index (Phi) is 4.68. The van der Waals surface area contributed by atoms with Crippen molar-refractivity contribution < 1.29 is 9.13 Å². The predicted molar refractivity (Wildman–Crippen MR) is 82.0 cm³/mol. The monoisotopic (exact) mass is 291 g/mol. The summed E-state index contributed by atoms with van der Waals surface area (Å²) >= 11 is 1.61. The molecular formula is C16H18FNOS. The summed E-state index contributed by atoms with van der Waals surface area (Å²) in [6.07, 6.45) is 1.99. The Hall–Kier alpha value is -1.52. The molecule has 0 saturated carbocycles. The van der Waals surface area contributed by atoms with E-state index in [4.69, 9.17) is 10.5 Å². The molecule has 0 aliphatic heterocycles. The summed E-state index contributed by atoms with van der Waals surface area (Å²) in [5, 5.41) is 0. The van der Waals surface area contributed by atoms with Crippen molar-refractivity contribution in [3.63, 3.8) is 0 Å². The van der Waals surface area contributed by atoms with Crippen molar-refractivity contribution in [1.82, 2.24) is 0 Å². The highest BCUT2D eigenvalue weighted by molar-refractivity contribution is 7.98. The molecule has 0 fully saturated rings. The third-order valence-corrected chi connectivity index (χ3v) is 3.85. The average Bonchev–Trinajstić information content (AvgIpc) is 2.43. The molecule has 106 valence electrons. The first kappa shape index (κ1) is 14.9. The lowest BCUT2D eigenvalue weighted by atomic mass is 10.1. The number of thioether (sulfide) groups is 1. The highest BCUT2D eigenvalue weighted by Gasteiger charge is 2.14. The largest absolute Gasteiger partial charge is 0.456 e. The Morgan fingerprint density at radius 2 is 1.90 bits per heavy atom. The van der Waals surface area contributed by atoms with Crippen molar-refractivity contribution in [2.75, 3.05) is 6.26 Å². The van der Waals surface area contributed by atoms with Crippen LogP contribution in [0.2, 0.25) is 0 Å². The zero-order chi connectivity index (χ0) is 14.7. The molecule has 0 aromatic heterocycles. The lowest BCUT2D eigenvalue weighted by Gasteiger charge is -2.16. The minimum atomic E-state index is -0.290. The minimum absolute atomic E-state index is 0.261. The number of halogens is 1. The first-order valence-electron chi connectivity index (χ1n) is 6.39. The number of hydrogen-bond acceptors (Lipinski definition) is 3. The highest BCUT2D eigenvalue weighted by Crippen LogP contribution is 2.35. The van der Waals surface area contributed by atoms with Crippen LogP contribution in [0, 0.1) is 12.7 Å². The fraction of sp³-hybridized carbons (Fsp3) is 0.250. The molecule has 0 bridgehead atoms. The summed E-state index contributed by atoms with van der Waals surface area (Å²) in [6.45, 7) is 3.53. The van der Waals surface area contributed by atoms with Crippen LogP contribution in [0.5, 0.6) is 11.5 Å². The van der Waals surface area contributed by atoms with Gasteiger partial charge in [0.05, 0.1) is 0 Å². The number of benzene rings is 2. The summed E-state index contributed by atoms with van der Waals surface area (Å²) in [5.74, 6) is 1.11. The number of ether oxygens (including phenoxy) is 1. The van der Waals surface area contributed by atoms with Crippen LogP contribution in [0.4, 0.5) is 4.39 Å². The Labute approximate surface area is 123 Å². The molecule has 0 spiro atoms. The van der Waals surface area contributed by atoms with Crippen LogP contribution in [-0.4, -0.2) is 6.26 Å². The number of para-hydroxylation sites is 1. The molecule has 2 aromatic rings. The van der Waals surface area contributed by atoms with Crippen molar-refractivity contribution in [2.24, 2.45) is 5.73 Å². The van der Waals surface area contributed by atoms with Gasteiger partial charge in [-0.05, 0) is 49.9 Å². The molecule has 1 unspecified atom stereocenters. The summed E-state index contributed by atoms with van der Waals surface area (Å²) in [5.41, 5.74) is 7.12. The number of nitrogens with two attached hydrogens (primary N) is 1. The minimum Gasteiger partial charge on any atom is -0.456 e. The summed E-state index contributed by atoms with van der Waals surface area (Å²) in [4.78, 5) is 1.03. The van der Waals surface area contributed by atoms with Crippen molar-refractivity contribution in [3.05, 3.63) is 53.3 Å². The Bertz CT molecular complexity index is 613. The normalized spacial score (nSPS) is 12.2. The average molecular weight is 291 g/mol. The van der Waals surface area contributed by atoms with E-state index in [1.165, 1.54) is 6.07 Å². The molecule has 2 nitrogen and oxygen atoms in total. The van der Waals surface area contributed by atoms with E-state index in [2.05, 4.69) is 0 Å². The van der Waals surface area contributed by atoms with Crippen molar-refractivity contribution >= 4 is 11.8 Å². The second-order valence-electron chi connectivity index (χ2n) is 4.68. The van der Waals surface area contributed by atoms with Gasteiger partial charge >= 0.3 is 0 Å². The van der Waals surface area contributed by atoms with Gasteiger partial charge in [0.15, 0.2) is 0 Å². The van der Waals surface area contributed by atoms with Crippen LogP contribution >= 0.6 is 11.8 Å². The van der Waals surface area contributed by atoms with Gasteiger partial charge in [-0.1, -0.05) is 12.1 Å². The van der Waals surface area contributed by atoms with E-state index in [0.29, 0.717) is 16.9 Å². The molecule has 0 saturated heterocycles. The smallest absolute Gasteiger partial charge is 0.140 e. The molecule has 2 aromatic carbocycles. The van der Waals surface area contributed by atoms with Crippen LogP contribution in [-0.2, 0) is 0 Å². The molecule has 0 amide bonds. The van der Waals surface area contributed by atoms with Gasteiger partial charge in [0.25, 0.3) is 0 Å². The molecular weight excluding hydrogens is 273 g/mol. The molecule has 1 atom stereocenters. The first-order chi connectivity index (χ1) is 9.52. The van der Waals surface area contributed by atoms with E-state index in [0.717, 1.165) is 10.6 Å². The SMILES string of the molecule is CSc1ccccc1Oc1cc(C)c(F)cc1C(C)N. The maximum atomic E-state index is 13.7. The standard InChI is InChI=1S/C16H18FNOS/c1-10-8-15(12(11(2)18)9-13(10)17)19-14-6-4-5-7-16(14)20-3/h4-9,11H,18H2,1-3H3. The molecule has 4 heteroatoms. The van der Waals surface area contributed by atoms with E-state index < -0.39 is 0 Å². The van der Waals surface area contributed by atoms with Gasteiger partial charge in [-0.3, -0.25) is 0 Å². The van der Waals surface area contributed by atoms with Crippen LogP contribution < -0.4 is 10.5 Å². The van der Waals surface area contributed by atoms with Gasteiger partial charge < -0.3 is 10.5 Å².